The number of hydrogen-bond donors (Lipinski definition) is 1. The van der Waals surface area contributed by atoms with Crippen LogP contribution in [0.2, 0.25) is 10.1 Å². The first-order chi connectivity index (χ1) is 33.5. The van der Waals surface area contributed by atoms with Gasteiger partial charge in [0.1, 0.15) is 0 Å². The molecular formula is C64H86O5Si2. The molecule has 3 aliphatic rings. The van der Waals surface area contributed by atoms with Crippen LogP contribution in [0.3, 0.4) is 0 Å². The van der Waals surface area contributed by atoms with Crippen LogP contribution in [0.4, 0.5) is 0 Å². The topological polar surface area (TPSA) is 65.0 Å². The SMILES string of the molecule is C=C1C(=CC=C2CCC[C@]3(C)[C@@H](C(C)(C)C=CC(O)C(C)(C)C(=O)OCCC)CC[C@@H]23)C[C@@H](O[Si](c2ccccc2)(c2ccccc2)C(C)(C)C)C[C@@H]1O[Si](c1ccccc1)(c1ccccc1)C(C)(C)C. The fourth-order valence-corrected chi connectivity index (χ4v) is 22.5. The van der Waals surface area contributed by atoms with Gasteiger partial charge in [0.25, 0.3) is 16.6 Å². The van der Waals surface area contributed by atoms with Crippen LogP contribution >= 0.6 is 0 Å². The minimum atomic E-state index is -3.00. The fraction of sp³-hybridized carbons (Fsp3) is 0.484. The second-order valence-electron chi connectivity index (χ2n) is 24.6. The minimum absolute atomic E-state index is 0.0877. The second-order valence-corrected chi connectivity index (χ2v) is 33.1. The highest BCUT2D eigenvalue weighted by molar-refractivity contribution is 7.00. The number of fused-ring (bicyclic) bond motifs is 1. The summed E-state index contributed by atoms with van der Waals surface area (Å²) in [6.07, 6.45) is 15.4. The zero-order valence-corrected chi connectivity index (χ0v) is 47.4. The van der Waals surface area contributed by atoms with Gasteiger partial charge in [0.05, 0.1) is 30.3 Å². The molecule has 71 heavy (non-hydrogen) atoms. The van der Waals surface area contributed by atoms with Crippen molar-refractivity contribution in [2.24, 2.45) is 28.1 Å². The molecule has 4 aromatic carbocycles. The van der Waals surface area contributed by atoms with Gasteiger partial charge in [0, 0.05) is 6.42 Å². The normalized spacial score (nSPS) is 24.3. The molecule has 0 heterocycles. The zero-order chi connectivity index (χ0) is 51.5. The summed E-state index contributed by atoms with van der Waals surface area (Å²) >= 11 is 0. The minimum Gasteiger partial charge on any atom is -0.465 e. The summed E-state index contributed by atoms with van der Waals surface area (Å²) in [5, 5.41) is 16.0. The number of benzene rings is 4. The van der Waals surface area contributed by atoms with Crippen molar-refractivity contribution in [3.05, 3.63) is 169 Å². The Hall–Kier alpha value is -4.38. The van der Waals surface area contributed by atoms with Crippen LogP contribution in [0.5, 0.6) is 0 Å². The number of aliphatic hydroxyl groups excluding tert-OH is 1. The lowest BCUT2D eigenvalue weighted by atomic mass is 9.57. The van der Waals surface area contributed by atoms with E-state index < -0.39 is 28.2 Å². The molecule has 1 N–H and O–H groups in total. The molecule has 5 nitrogen and oxygen atoms in total. The van der Waals surface area contributed by atoms with Gasteiger partial charge in [-0.1, -0.05) is 227 Å². The molecule has 0 aromatic heterocycles. The lowest BCUT2D eigenvalue weighted by molar-refractivity contribution is -0.158. The monoisotopic (exact) mass is 991 g/mol. The molecule has 0 saturated heterocycles. The Morgan fingerprint density at radius 1 is 0.732 bits per heavy atom. The van der Waals surface area contributed by atoms with Gasteiger partial charge in [0.2, 0.25) is 0 Å². The molecular weight excluding hydrogens is 905 g/mol. The first kappa shape index (κ1) is 54.4. The average Bonchev–Trinajstić information content (AvgIpc) is 3.72. The third kappa shape index (κ3) is 10.8. The second kappa shape index (κ2) is 21.6. The van der Waals surface area contributed by atoms with Crippen LogP contribution in [-0.4, -0.2) is 52.6 Å². The van der Waals surface area contributed by atoms with Crippen LogP contribution in [-0.2, 0) is 18.4 Å². The van der Waals surface area contributed by atoms with Crippen LogP contribution in [0.25, 0.3) is 0 Å². The van der Waals surface area contributed by atoms with Gasteiger partial charge >= 0.3 is 5.97 Å². The lowest BCUT2D eigenvalue weighted by Crippen LogP contribution is -2.69. The summed E-state index contributed by atoms with van der Waals surface area (Å²) < 4.78 is 21.6. The molecule has 7 rings (SSSR count). The maximum absolute atomic E-state index is 12.9. The Balaban J connectivity index is 1.29. The van der Waals surface area contributed by atoms with Gasteiger partial charge in [-0.3, -0.25) is 4.79 Å². The number of aliphatic hydroxyl groups is 1. The number of allylic oxidation sites excluding steroid dienone is 4. The Kier molecular flexibility index (Phi) is 16.6. The number of hydrogen-bond acceptors (Lipinski definition) is 5. The maximum Gasteiger partial charge on any atom is 0.314 e. The highest BCUT2D eigenvalue weighted by Gasteiger charge is 2.56. The lowest BCUT2D eigenvalue weighted by Gasteiger charge is -2.49. The molecule has 0 radical (unpaired) electrons. The number of carbonyl (C=O) groups is 1. The van der Waals surface area contributed by atoms with E-state index in [1.54, 1.807) is 13.8 Å². The Morgan fingerprint density at radius 2 is 1.21 bits per heavy atom. The molecule has 3 saturated carbocycles. The summed E-state index contributed by atoms with van der Waals surface area (Å²) in [4.78, 5) is 12.9. The largest absolute Gasteiger partial charge is 0.465 e. The first-order valence-corrected chi connectivity index (χ1v) is 30.6. The molecule has 4 aromatic rings. The predicted molar refractivity (Wildman–Crippen MR) is 302 cm³/mol. The number of ether oxygens (including phenoxy) is 1. The molecule has 0 aliphatic heterocycles. The van der Waals surface area contributed by atoms with E-state index in [4.69, 9.17) is 20.2 Å². The van der Waals surface area contributed by atoms with E-state index in [2.05, 4.69) is 202 Å². The van der Waals surface area contributed by atoms with E-state index in [1.807, 2.05) is 13.0 Å². The van der Waals surface area contributed by atoms with Gasteiger partial charge in [-0.15, -0.1) is 0 Å². The van der Waals surface area contributed by atoms with E-state index in [-0.39, 0.29) is 39.1 Å². The molecule has 0 amide bonds. The van der Waals surface area contributed by atoms with Gasteiger partial charge in [-0.25, -0.2) is 0 Å². The van der Waals surface area contributed by atoms with Crippen LogP contribution < -0.4 is 20.7 Å². The van der Waals surface area contributed by atoms with E-state index in [0.29, 0.717) is 24.9 Å². The highest BCUT2D eigenvalue weighted by Crippen LogP contribution is 2.62. The van der Waals surface area contributed by atoms with Crippen molar-refractivity contribution in [1.29, 1.82) is 0 Å². The summed E-state index contributed by atoms with van der Waals surface area (Å²) in [7, 11) is -5.94. The molecule has 0 spiro atoms. The summed E-state index contributed by atoms with van der Waals surface area (Å²) in [6.45, 7) is 32.3. The molecule has 380 valence electrons. The van der Waals surface area contributed by atoms with Crippen molar-refractivity contribution in [1.82, 2.24) is 0 Å². The van der Waals surface area contributed by atoms with E-state index >= 15 is 0 Å². The predicted octanol–water partition coefficient (Wildman–Crippen LogP) is 13.2. The summed E-state index contributed by atoms with van der Waals surface area (Å²) in [5.41, 5.74) is 2.67. The summed E-state index contributed by atoms with van der Waals surface area (Å²) in [6, 6.07) is 44.1. The van der Waals surface area contributed by atoms with Crippen molar-refractivity contribution in [2.45, 2.75) is 163 Å². The molecule has 0 bridgehead atoms. The Morgan fingerprint density at radius 3 is 1.68 bits per heavy atom. The Labute approximate surface area is 431 Å². The summed E-state index contributed by atoms with van der Waals surface area (Å²) in [5.74, 6) is 0.496. The van der Waals surface area contributed by atoms with Crippen LogP contribution in [0.1, 0.15) is 134 Å². The van der Waals surface area contributed by atoms with Crippen molar-refractivity contribution in [3.8, 4) is 0 Å². The van der Waals surface area contributed by atoms with Crippen molar-refractivity contribution in [3.63, 3.8) is 0 Å². The van der Waals surface area contributed by atoms with Crippen molar-refractivity contribution in [2.75, 3.05) is 6.61 Å². The third-order valence-electron chi connectivity index (χ3n) is 17.0. The molecule has 1 unspecified atom stereocenters. The van der Waals surface area contributed by atoms with Crippen molar-refractivity contribution >= 4 is 43.4 Å². The molecule has 3 fully saturated rings. The van der Waals surface area contributed by atoms with Gasteiger partial charge in [-0.2, -0.15) is 0 Å². The molecule has 6 atom stereocenters. The maximum atomic E-state index is 12.9. The highest BCUT2D eigenvalue weighted by atomic mass is 28.4. The fourth-order valence-electron chi connectivity index (χ4n) is 13.1. The standard InChI is InChI=1S/C64H86O5Si2/c1-14-44-67-59(66)63(11,12)58(65)41-43-62(9,10)57-40-39-55-48(28-27-42-64(55,57)13)37-38-49-45-50(68-70(60(3,4)5,51-29-19-15-20-30-51)52-31-21-16-22-32-52)46-56(47(49)2)69-71(61(6,7)8,53-33-23-17-24-34-53)54-35-25-18-26-36-54/h15-26,29-38,41,43,50,55-58,65H,2,14,27-28,39-40,42,44-46H2,1,3-13H3/t50-,55+,56+,57-,58?,64+/m1/s1. The van der Waals surface area contributed by atoms with Gasteiger partial charge in [-0.05, 0) is 123 Å². The number of carbonyl (C=O) groups excluding carboxylic acids is 1. The molecule has 7 heteroatoms. The zero-order valence-electron chi connectivity index (χ0n) is 45.4. The van der Waals surface area contributed by atoms with Crippen molar-refractivity contribution < 1.29 is 23.5 Å². The van der Waals surface area contributed by atoms with Crippen LogP contribution in [0.15, 0.2) is 169 Å². The quantitative estimate of drug-likeness (QED) is 0.0688. The van der Waals surface area contributed by atoms with Gasteiger partial charge < -0.3 is 18.7 Å². The van der Waals surface area contributed by atoms with E-state index in [9.17, 15) is 9.90 Å². The smallest absolute Gasteiger partial charge is 0.314 e. The number of esters is 1. The van der Waals surface area contributed by atoms with Crippen LogP contribution in [0, 0.1) is 28.1 Å². The average molecular weight is 992 g/mol. The van der Waals surface area contributed by atoms with E-state index in [1.165, 1.54) is 38.3 Å². The Bertz CT molecular complexity index is 2430. The molecule has 3 aliphatic carbocycles. The first-order valence-electron chi connectivity index (χ1n) is 26.7. The van der Waals surface area contributed by atoms with E-state index in [0.717, 1.165) is 44.1 Å². The van der Waals surface area contributed by atoms with Gasteiger partial charge in [0.15, 0.2) is 0 Å². The number of rotatable bonds is 16. The third-order valence-corrected chi connectivity index (χ3v) is 27.1.